The van der Waals surface area contributed by atoms with Crippen LogP contribution in [0.4, 0.5) is 0 Å². The predicted molar refractivity (Wildman–Crippen MR) is 86.1 cm³/mol. The Kier molecular flexibility index (Phi) is 6.99. The van der Waals surface area contributed by atoms with Gasteiger partial charge in [0, 0.05) is 17.7 Å². The highest BCUT2D eigenvalue weighted by Gasteiger charge is 2.22. The molecule has 0 fully saturated rings. The number of aryl methyl sites for hydroxylation is 1. The number of carbonyl (C=O) groups is 1. The van der Waals surface area contributed by atoms with Crippen molar-refractivity contribution in [1.82, 2.24) is 10.3 Å². The summed E-state index contributed by atoms with van der Waals surface area (Å²) in [5.41, 5.74) is 0.192. The minimum absolute atomic E-state index is 0.0361. The van der Waals surface area contributed by atoms with Crippen molar-refractivity contribution >= 4 is 29.0 Å². The van der Waals surface area contributed by atoms with E-state index in [1.54, 1.807) is 30.0 Å². The number of carbonyl (C=O) groups excluding carboxylic acids is 1. The third kappa shape index (κ3) is 7.26. The molecule has 1 rings (SSSR count). The number of thioether (sulfide) groups is 1. The highest BCUT2D eigenvalue weighted by Crippen LogP contribution is 2.16. The summed E-state index contributed by atoms with van der Waals surface area (Å²) in [6, 6.07) is 0. The standard InChI is InChI=1S/C14H24N2O2S2/c1-10(2)5-14(4,18)9-15-13(17)8-19-6-12-7-20-11(3)16-12/h7,10,18H,5-6,8-9H2,1-4H3,(H,15,17). The Morgan fingerprint density at radius 2 is 2.30 bits per heavy atom. The minimum Gasteiger partial charge on any atom is -0.388 e. The molecule has 1 unspecified atom stereocenters. The van der Waals surface area contributed by atoms with Crippen molar-refractivity contribution < 1.29 is 9.90 Å². The molecule has 0 aromatic carbocycles. The molecule has 0 radical (unpaired) electrons. The Bertz CT molecular complexity index is 431. The molecule has 0 aliphatic carbocycles. The van der Waals surface area contributed by atoms with Gasteiger partial charge in [-0.15, -0.1) is 23.1 Å². The first kappa shape index (κ1) is 17.5. The van der Waals surface area contributed by atoms with E-state index in [0.717, 1.165) is 16.5 Å². The summed E-state index contributed by atoms with van der Waals surface area (Å²) in [6.45, 7) is 8.16. The molecule has 0 aliphatic rings. The van der Waals surface area contributed by atoms with E-state index in [1.165, 1.54) is 0 Å². The van der Waals surface area contributed by atoms with E-state index in [0.29, 0.717) is 24.6 Å². The molecule has 114 valence electrons. The smallest absolute Gasteiger partial charge is 0.230 e. The summed E-state index contributed by atoms with van der Waals surface area (Å²) in [4.78, 5) is 16.1. The summed E-state index contributed by atoms with van der Waals surface area (Å²) in [5, 5.41) is 16.0. The van der Waals surface area contributed by atoms with Gasteiger partial charge in [0.15, 0.2) is 0 Å². The Balaban J connectivity index is 2.20. The SMILES string of the molecule is Cc1nc(CSCC(=O)NCC(C)(O)CC(C)C)cs1. The van der Waals surface area contributed by atoms with Gasteiger partial charge in [0.1, 0.15) is 0 Å². The molecule has 1 heterocycles. The number of nitrogens with one attached hydrogen (secondary N) is 1. The fourth-order valence-corrected chi connectivity index (χ4v) is 3.48. The van der Waals surface area contributed by atoms with Crippen LogP contribution in [0.25, 0.3) is 0 Å². The Morgan fingerprint density at radius 1 is 1.60 bits per heavy atom. The Hall–Kier alpha value is -0.590. The number of aromatic nitrogens is 1. The Morgan fingerprint density at radius 3 is 2.85 bits per heavy atom. The second kappa shape index (κ2) is 8.00. The lowest BCUT2D eigenvalue weighted by atomic mass is 9.94. The topological polar surface area (TPSA) is 62.2 Å². The maximum atomic E-state index is 11.7. The second-order valence-corrected chi connectivity index (χ2v) is 7.77. The van der Waals surface area contributed by atoms with Gasteiger partial charge < -0.3 is 10.4 Å². The average molecular weight is 316 g/mol. The van der Waals surface area contributed by atoms with E-state index in [-0.39, 0.29) is 5.91 Å². The summed E-state index contributed by atoms with van der Waals surface area (Å²) < 4.78 is 0. The zero-order chi connectivity index (χ0) is 15.2. The van der Waals surface area contributed by atoms with Crippen LogP contribution in [-0.2, 0) is 10.5 Å². The van der Waals surface area contributed by atoms with Crippen molar-refractivity contribution in [2.24, 2.45) is 5.92 Å². The lowest BCUT2D eigenvalue weighted by Gasteiger charge is -2.25. The molecule has 20 heavy (non-hydrogen) atoms. The van der Waals surface area contributed by atoms with Crippen molar-refractivity contribution in [3.63, 3.8) is 0 Å². The second-order valence-electron chi connectivity index (χ2n) is 5.72. The van der Waals surface area contributed by atoms with Gasteiger partial charge in [0.05, 0.1) is 22.1 Å². The van der Waals surface area contributed by atoms with Crippen LogP contribution in [0.3, 0.4) is 0 Å². The number of rotatable bonds is 8. The zero-order valence-corrected chi connectivity index (χ0v) is 14.2. The van der Waals surface area contributed by atoms with Crippen LogP contribution in [-0.4, -0.2) is 33.9 Å². The first-order valence-electron chi connectivity index (χ1n) is 6.76. The lowest BCUT2D eigenvalue weighted by Crippen LogP contribution is -2.42. The van der Waals surface area contributed by atoms with E-state index in [9.17, 15) is 9.90 Å². The fourth-order valence-electron chi connectivity index (χ4n) is 2.01. The number of hydrogen-bond donors (Lipinski definition) is 2. The van der Waals surface area contributed by atoms with E-state index < -0.39 is 5.60 Å². The molecular weight excluding hydrogens is 292 g/mol. The first-order chi connectivity index (χ1) is 9.28. The van der Waals surface area contributed by atoms with Crippen LogP contribution >= 0.6 is 23.1 Å². The van der Waals surface area contributed by atoms with Gasteiger partial charge >= 0.3 is 0 Å². The van der Waals surface area contributed by atoms with E-state index in [4.69, 9.17) is 0 Å². The molecular formula is C14H24N2O2S2. The number of thiazole rings is 1. The predicted octanol–water partition coefficient (Wildman–Crippen LogP) is 2.60. The molecule has 1 atom stereocenters. The summed E-state index contributed by atoms with van der Waals surface area (Å²) >= 11 is 3.17. The number of amides is 1. The van der Waals surface area contributed by atoms with Crippen LogP contribution in [0.2, 0.25) is 0 Å². The molecule has 6 heteroatoms. The highest BCUT2D eigenvalue weighted by molar-refractivity contribution is 7.99. The van der Waals surface area contributed by atoms with Gasteiger partial charge in [-0.2, -0.15) is 0 Å². The molecule has 1 aromatic heterocycles. The monoisotopic (exact) mass is 316 g/mol. The Labute approximate surface area is 129 Å². The molecule has 2 N–H and O–H groups in total. The van der Waals surface area contributed by atoms with Gasteiger partial charge in [0.25, 0.3) is 0 Å². The van der Waals surface area contributed by atoms with Crippen LogP contribution in [0.5, 0.6) is 0 Å². The highest BCUT2D eigenvalue weighted by atomic mass is 32.2. The molecule has 0 bridgehead atoms. The largest absolute Gasteiger partial charge is 0.388 e. The number of nitrogens with zero attached hydrogens (tertiary/aromatic N) is 1. The minimum atomic E-state index is -0.833. The molecule has 4 nitrogen and oxygen atoms in total. The van der Waals surface area contributed by atoms with Crippen molar-refractivity contribution in [2.75, 3.05) is 12.3 Å². The van der Waals surface area contributed by atoms with Gasteiger partial charge in [-0.1, -0.05) is 13.8 Å². The summed E-state index contributed by atoms with van der Waals surface area (Å²) in [7, 11) is 0. The lowest BCUT2D eigenvalue weighted by molar-refractivity contribution is -0.119. The molecule has 0 saturated carbocycles. The van der Waals surface area contributed by atoms with Crippen LogP contribution < -0.4 is 5.32 Å². The number of hydrogen-bond acceptors (Lipinski definition) is 5. The van der Waals surface area contributed by atoms with E-state index in [1.807, 2.05) is 12.3 Å². The maximum absolute atomic E-state index is 11.7. The molecule has 0 saturated heterocycles. The third-order valence-electron chi connectivity index (χ3n) is 2.66. The fraction of sp³-hybridized carbons (Fsp3) is 0.714. The van der Waals surface area contributed by atoms with Crippen LogP contribution in [0.15, 0.2) is 5.38 Å². The van der Waals surface area contributed by atoms with Gasteiger partial charge in [0.2, 0.25) is 5.91 Å². The average Bonchev–Trinajstić information content (AvgIpc) is 2.71. The molecule has 1 aromatic rings. The van der Waals surface area contributed by atoms with Gasteiger partial charge in [-0.25, -0.2) is 4.98 Å². The molecule has 0 spiro atoms. The summed E-state index contributed by atoms with van der Waals surface area (Å²) in [6.07, 6.45) is 0.679. The van der Waals surface area contributed by atoms with E-state index >= 15 is 0 Å². The zero-order valence-electron chi connectivity index (χ0n) is 12.6. The number of aliphatic hydroxyl groups is 1. The third-order valence-corrected chi connectivity index (χ3v) is 4.45. The van der Waals surface area contributed by atoms with Crippen molar-refractivity contribution in [3.8, 4) is 0 Å². The first-order valence-corrected chi connectivity index (χ1v) is 8.80. The quantitative estimate of drug-likeness (QED) is 0.774. The van der Waals surface area contributed by atoms with E-state index in [2.05, 4.69) is 24.1 Å². The van der Waals surface area contributed by atoms with Crippen molar-refractivity contribution in [2.45, 2.75) is 45.5 Å². The van der Waals surface area contributed by atoms with Crippen molar-refractivity contribution in [1.29, 1.82) is 0 Å². The van der Waals surface area contributed by atoms with Gasteiger partial charge in [-0.05, 0) is 26.2 Å². The summed E-state index contributed by atoms with van der Waals surface area (Å²) in [5.74, 6) is 1.52. The van der Waals surface area contributed by atoms with Crippen LogP contribution in [0.1, 0.15) is 37.9 Å². The van der Waals surface area contributed by atoms with Crippen molar-refractivity contribution in [3.05, 3.63) is 16.1 Å². The van der Waals surface area contributed by atoms with Gasteiger partial charge in [-0.3, -0.25) is 4.79 Å². The maximum Gasteiger partial charge on any atom is 0.230 e. The van der Waals surface area contributed by atoms with Crippen LogP contribution in [0, 0.1) is 12.8 Å². The molecule has 1 amide bonds. The molecule has 0 aliphatic heterocycles. The normalized spacial score (nSPS) is 14.3.